The van der Waals surface area contributed by atoms with E-state index >= 15 is 0 Å². The highest BCUT2D eigenvalue weighted by atomic mass is 19.1. The van der Waals surface area contributed by atoms with E-state index in [1.807, 2.05) is 0 Å². The quantitative estimate of drug-likeness (QED) is 0.808. The van der Waals surface area contributed by atoms with Gasteiger partial charge in [-0.2, -0.15) is 0 Å². The number of benzene rings is 1. The average Bonchev–Trinajstić information content (AvgIpc) is 2.66. The van der Waals surface area contributed by atoms with Crippen molar-refractivity contribution in [2.45, 2.75) is 27.2 Å². The van der Waals surface area contributed by atoms with Gasteiger partial charge in [0.2, 0.25) is 0 Å². The van der Waals surface area contributed by atoms with E-state index in [9.17, 15) is 4.39 Å². The highest BCUT2D eigenvalue weighted by molar-refractivity contribution is 5.79. The fourth-order valence-electron chi connectivity index (χ4n) is 2.15. The van der Waals surface area contributed by atoms with E-state index in [0.717, 1.165) is 11.6 Å². The van der Waals surface area contributed by atoms with Crippen molar-refractivity contribution < 1.29 is 8.81 Å². The van der Waals surface area contributed by atoms with Crippen LogP contribution in [-0.2, 0) is 0 Å². The molecule has 2 aromatic rings. The summed E-state index contributed by atoms with van der Waals surface area (Å²) < 4.78 is 19.4. The van der Waals surface area contributed by atoms with E-state index in [2.05, 4.69) is 33.4 Å². The number of halogens is 1. The number of furan rings is 1. The van der Waals surface area contributed by atoms with Crippen molar-refractivity contribution in [3.8, 4) is 0 Å². The second-order valence-corrected chi connectivity index (χ2v) is 4.96. The largest absolute Gasteiger partial charge is 0.457 e. The average molecular weight is 246 g/mol. The minimum atomic E-state index is -0.242. The summed E-state index contributed by atoms with van der Waals surface area (Å²) in [6.07, 6.45) is 3.17. The second-order valence-electron chi connectivity index (χ2n) is 4.96. The number of rotatable bonds is 3. The molecule has 0 aliphatic heterocycles. The summed E-state index contributed by atoms with van der Waals surface area (Å²) in [4.78, 5) is 0. The van der Waals surface area contributed by atoms with E-state index in [4.69, 9.17) is 4.42 Å². The van der Waals surface area contributed by atoms with Gasteiger partial charge in [-0.05, 0) is 24.0 Å². The van der Waals surface area contributed by atoms with Crippen LogP contribution in [0.4, 0.5) is 4.39 Å². The molecular weight excluding hydrogens is 227 g/mol. The number of hydrogen-bond donors (Lipinski definition) is 0. The predicted octanol–water partition coefficient (Wildman–Crippen LogP) is 3.44. The summed E-state index contributed by atoms with van der Waals surface area (Å²) in [6, 6.07) is 4.89. The van der Waals surface area contributed by atoms with E-state index in [-0.39, 0.29) is 5.82 Å². The van der Waals surface area contributed by atoms with Crippen LogP contribution in [0.1, 0.15) is 27.2 Å². The Morgan fingerprint density at radius 1 is 1.39 bits per heavy atom. The Balaban J connectivity index is 2.67. The lowest BCUT2D eigenvalue weighted by atomic mass is 9.92. The molecule has 2 heteroatoms. The van der Waals surface area contributed by atoms with E-state index in [1.165, 1.54) is 6.07 Å². The van der Waals surface area contributed by atoms with Crippen LogP contribution in [0.25, 0.3) is 23.6 Å². The summed E-state index contributed by atoms with van der Waals surface area (Å²) in [5, 5.41) is 1.36. The van der Waals surface area contributed by atoms with E-state index in [1.54, 1.807) is 12.1 Å². The molecule has 0 N–H and O–H groups in total. The highest BCUT2D eigenvalue weighted by Crippen LogP contribution is 2.17. The topological polar surface area (TPSA) is 13.1 Å². The first-order valence-corrected chi connectivity index (χ1v) is 6.42. The Morgan fingerprint density at radius 2 is 2.11 bits per heavy atom. The van der Waals surface area contributed by atoms with Crippen LogP contribution in [0.15, 0.2) is 22.6 Å². The van der Waals surface area contributed by atoms with Gasteiger partial charge in [0.05, 0.1) is 5.39 Å². The summed E-state index contributed by atoms with van der Waals surface area (Å²) in [5.74, 6) is 0.686. The first kappa shape index (κ1) is 12.9. The van der Waals surface area contributed by atoms with Crippen molar-refractivity contribution in [1.29, 1.82) is 0 Å². The fourth-order valence-corrected chi connectivity index (χ4v) is 2.15. The molecule has 18 heavy (non-hydrogen) atoms. The van der Waals surface area contributed by atoms with Crippen molar-refractivity contribution in [1.82, 2.24) is 0 Å². The Bertz CT molecular complexity index is 654. The van der Waals surface area contributed by atoms with Crippen LogP contribution in [-0.4, -0.2) is 0 Å². The smallest absolute Gasteiger partial charge is 0.138 e. The molecule has 2 rings (SSSR count). The summed E-state index contributed by atoms with van der Waals surface area (Å²) in [6.45, 7) is 10.4. The molecule has 1 unspecified atom stereocenters. The zero-order chi connectivity index (χ0) is 13.3. The van der Waals surface area contributed by atoms with Crippen LogP contribution < -0.4 is 10.6 Å². The maximum absolute atomic E-state index is 13.9. The molecular formula is C16H19FO. The van der Waals surface area contributed by atoms with E-state index in [0.29, 0.717) is 28.2 Å². The van der Waals surface area contributed by atoms with Gasteiger partial charge in [-0.1, -0.05) is 45.9 Å². The molecule has 96 valence electrons. The lowest BCUT2D eigenvalue weighted by Gasteiger charge is -2.13. The third kappa shape index (κ3) is 2.20. The Labute approximate surface area is 107 Å². The molecule has 1 heterocycles. The van der Waals surface area contributed by atoms with Crippen LogP contribution in [0.2, 0.25) is 0 Å². The third-order valence-corrected chi connectivity index (χ3v) is 3.75. The van der Waals surface area contributed by atoms with Crippen LogP contribution in [0.5, 0.6) is 0 Å². The zero-order valence-electron chi connectivity index (χ0n) is 11.2. The first-order chi connectivity index (χ1) is 8.54. The first-order valence-electron chi connectivity index (χ1n) is 6.42. The van der Waals surface area contributed by atoms with Gasteiger partial charge < -0.3 is 4.42 Å². The zero-order valence-corrected chi connectivity index (χ0v) is 11.2. The minimum Gasteiger partial charge on any atom is -0.457 e. The molecule has 0 saturated carbocycles. The Morgan fingerprint density at radius 3 is 2.78 bits per heavy atom. The monoisotopic (exact) mass is 246 g/mol. The van der Waals surface area contributed by atoms with Gasteiger partial charge in [-0.25, -0.2) is 4.39 Å². The van der Waals surface area contributed by atoms with E-state index < -0.39 is 0 Å². The maximum atomic E-state index is 13.9. The van der Waals surface area contributed by atoms with Crippen molar-refractivity contribution in [3.05, 3.63) is 34.7 Å². The van der Waals surface area contributed by atoms with Crippen molar-refractivity contribution in [2.24, 2.45) is 11.8 Å². The minimum absolute atomic E-state index is 0.242. The Kier molecular flexibility index (Phi) is 3.55. The van der Waals surface area contributed by atoms with Gasteiger partial charge in [0.15, 0.2) is 0 Å². The molecule has 0 aliphatic carbocycles. The van der Waals surface area contributed by atoms with Gasteiger partial charge in [0, 0.05) is 5.22 Å². The highest BCUT2D eigenvalue weighted by Gasteiger charge is 2.11. The molecule has 2 atom stereocenters. The SMILES string of the molecule is C=c1oc2cccc(F)c2/c1=C/C(C)[C@H](C)CC. The van der Waals surface area contributed by atoms with Crippen molar-refractivity contribution >= 4 is 23.6 Å². The summed E-state index contributed by atoms with van der Waals surface area (Å²) in [7, 11) is 0. The van der Waals surface area contributed by atoms with Gasteiger partial charge in [0.1, 0.15) is 16.8 Å². The third-order valence-electron chi connectivity index (χ3n) is 3.75. The standard InChI is InChI=1S/C16H19FO/c1-5-10(2)11(3)9-13-12(4)18-15-8-6-7-14(17)16(13)15/h6-11H,4-5H2,1-3H3/b13-9+/t10-,11?/m1/s1. The number of hydrogen-bond acceptors (Lipinski definition) is 1. The van der Waals surface area contributed by atoms with Crippen LogP contribution >= 0.6 is 0 Å². The normalized spacial score (nSPS) is 16.1. The molecule has 0 amide bonds. The van der Waals surface area contributed by atoms with Crippen LogP contribution in [0, 0.1) is 17.7 Å². The van der Waals surface area contributed by atoms with Gasteiger partial charge in [-0.3, -0.25) is 0 Å². The fraction of sp³-hybridized carbons (Fsp3) is 0.375. The predicted molar refractivity (Wildman–Crippen MR) is 74.0 cm³/mol. The molecule has 0 radical (unpaired) electrons. The van der Waals surface area contributed by atoms with Gasteiger partial charge in [0.25, 0.3) is 0 Å². The second kappa shape index (κ2) is 4.97. The van der Waals surface area contributed by atoms with Gasteiger partial charge in [-0.15, -0.1) is 0 Å². The van der Waals surface area contributed by atoms with Crippen molar-refractivity contribution in [3.63, 3.8) is 0 Å². The summed E-state index contributed by atoms with van der Waals surface area (Å²) >= 11 is 0. The van der Waals surface area contributed by atoms with Crippen molar-refractivity contribution in [2.75, 3.05) is 0 Å². The molecule has 1 aromatic heterocycles. The molecule has 0 aliphatic rings. The van der Waals surface area contributed by atoms with Crippen LogP contribution in [0.3, 0.4) is 0 Å². The molecule has 1 nitrogen and oxygen atoms in total. The lowest BCUT2D eigenvalue weighted by molar-refractivity contribution is 0.465. The van der Waals surface area contributed by atoms with Gasteiger partial charge >= 0.3 is 0 Å². The molecule has 0 fully saturated rings. The molecule has 0 bridgehead atoms. The molecule has 0 spiro atoms. The molecule has 1 aromatic carbocycles. The Hall–Kier alpha value is -1.57. The number of fused-ring (bicyclic) bond motifs is 1. The lowest BCUT2D eigenvalue weighted by Crippen LogP contribution is -2.21. The summed E-state index contributed by atoms with van der Waals surface area (Å²) in [5.41, 5.74) is 1.12. The maximum Gasteiger partial charge on any atom is 0.138 e. The molecule has 0 saturated heterocycles.